The topological polar surface area (TPSA) is 71.1 Å². The van der Waals surface area contributed by atoms with Crippen LogP contribution in [0.15, 0.2) is 0 Å². The first-order valence-electron chi connectivity index (χ1n) is 1.41. The Bertz CT molecular complexity index is 164. The molecule has 0 aliphatic carbocycles. The maximum Gasteiger partial charge on any atom is 0.358 e. The zero-order valence-electron chi connectivity index (χ0n) is 3.54. The Hall–Kier alpha value is -0.420. The molecule has 0 atom stereocenters. The Labute approximate surface area is 40.9 Å². The van der Waals surface area contributed by atoms with Crippen molar-refractivity contribution in [1.29, 1.82) is 0 Å². The minimum atomic E-state index is -4.63. The van der Waals surface area contributed by atoms with Crippen LogP contribution in [0.5, 0.6) is 0 Å². The third-order valence-corrected chi connectivity index (χ3v) is 1.06. The summed E-state index contributed by atoms with van der Waals surface area (Å²) in [4.78, 5) is 9.56. The van der Waals surface area contributed by atoms with E-state index in [1.807, 2.05) is 0 Å². The van der Waals surface area contributed by atoms with Crippen LogP contribution in [0.4, 0.5) is 0 Å². The summed E-state index contributed by atoms with van der Waals surface area (Å²) in [6, 6.07) is 0. The lowest BCUT2D eigenvalue weighted by atomic mass is 10.9. The van der Waals surface area contributed by atoms with E-state index in [1.54, 1.807) is 0 Å². The standard InChI is InChI=1S/C2H3O4S/c1-2(3)7(4,5)6/h1H3. The molecule has 0 heterocycles. The normalized spacial score (nSPS) is 11.1. The van der Waals surface area contributed by atoms with Gasteiger partial charge >= 0.3 is 10.1 Å². The molecule has 0 aliphatic heterocycles. The molecule has 41 valence electrons. The fourth-order valence-electron chi connectivity index (χ4n) is 0. The van der Waals surface area contributed by atoms with Gasteiger partial charge in [-0.15, -0.1) is 0 Å². The molecular formula is C2H3O4S. The predicted octanol–water partition coefficient (Wildman–Crippen LogP) is -0.707. The molecule has 0 aromatic carbocycles. The van der Waals surface area contributed by atoms with Gasteiger partial charge in [-0.05, 0) is 0 Å². The lowest BCUT2D eigenvalue weighted by Gasteiger charge is -1.76. The van der Waals surface area contributed by atoms with Crippen molar-refractivity contribution in [3.05, 3.63) is 0 Å². The summed E-state index contributed by atoms with van der Waals surface area (Å²) in [6.07, 6.45) is 0. The van der Waals surface area contributed by atoms with Gasteiger partial charge in [0.1, 0.15) is 0 Å². The Morgan fingerprint density at radius 3 is 1.57 bits per heavy atom. The van der Waals surface area contributed by atoms with Gasteiger partial charge < -0.3 is 0 Å². The molecule has 5 heteroatoms. The Kier molecular flexibility index (Phi) is 1.49. The van der Waals surface area contributed by atoms with Crippen molar-refractivity contribution in [3.8, 4) is 0 Å². The van der Waals surface area contributed by atoms with E-state index in [-0.39, 0.29) is 0 Å². The number of rotatable bonds is 0. The molecule has 0 N–H and O–H groups in total. The van der Waals surface area contributed by atoms with Crippen LogP contribution in [0.1, 0.15) is 6.92 Å². The van der Waals surface area contributed by atoms with E-state index >= 15 is 0 Å². The molecule has 0 fully saturated rings. The van der Waals surface area contributed by atoms with Gasteiger partial charge in [0.15, 0.2) is 0 Å². The van der Waals surface area contributed by atoms with Crippen molar-refractivity contribution in [2.45, 2.75) is 6.92 Å². The second kappa shape index (κ2) is 1.59. The van der Waals surface area contributed by atoms with Crippen LogP contribution in [-0.2, 0) is 19.5 Å². The molecule has 0 unspecified atom stereocenters. The zero-order chi connectivity index (χ0) is 6.08. The molecule has 0 bridgehead atoms. The van der Waals surface area contributed by atoms with Gasteiger partial charge in [-0.2, -0.15) is 8.42 Å². The molecule has 4 nitrogen and oxygen atoms in total. The van der Waals surface area contributed by atoms with E-state index in [4.69, 9.17) is 0 Å². The molecule has 0 saturated carbocycles. The van der Waals surface area contributed by atoms with Crippen molar-refractivity contribution >= 4 is 15.2 Å². The third-order valence-electron chi connectivity index (χ3n) is 0.352. The van der Waals surface area contributed by atoms with Crippen molar-refractivity contribution in [2.24, 2.45) is 0 Å². The van der Waals surface area contributed by atoms with Crippen LogP contribution in [0.2, 0.25) is 0 Å². The first kappa shape index (κ1) is 6.58. The van der Waals surface area contributed by atoms with Crippen molar-refractivity contribution in [3.63, 3.8) is 0 Å². The Balaban J connectivity index is 4.43. The number of hydrogen-bond acceptors (Lipinski definition) is 3. The summed E-state index contributed by atoms with van der Waals surface area (Å²) in [5, 5.41) is -1.34. The summed E-state index contributed by atoms with van der Waals surface area (Å²) in [5.74, 6) is 0. The minimum absolute atomic E-state index is 0.711. The summed E-state index contributed by atoms with van der Waals surface area (Å²) < 4.78 is 28.3. The fraction of sp³-hybridized carbons (Fsp3) is 0.500. The van der Waals surface area contributed by atoms with E-state index in [0.717, 1.165) is 0 Å². The van der Waals surface area contributed by atoms with Gasteiger partial charge in [-0.1, -0.05) is 4.55 Å². The zero-order valence-corrected chi connectivity index (χ0v) is 4.36. The molecule has 0 rings (SSSR count). The van der Waals surface area contributed by atoms with E-state index in [2.05, 4.69) is 0 Å². The van der Waals surface area contributed by atoms with Crippen molar-refractivity contribution in [1.82, 2.24) is 0 Å². The Morgan fingerprint density at radius 1 is 1.43 bits per heavy atom. The third kappa shape index (κ3) is 2.30. The smallest absolute Gasteiger partial charge is 0.279 e. The number of hydrogen-bond donors (Lipinski definition) is 0. The van der Waals surface area contributed by atoms with Gasteiger partial charge in [0.25, 0.3) is 5.12 Å². The quantitative estimate of drug-likeness (QED) is 0.427. The van der Waals surface area contributed by atoms with Gasteiger partial charge in [0, 0.05) is 6.92 Å². The second-order valence-electron chi connectivity index (χ2n) is 0.946. The maximum absolute atomic E-state index is 9.56. The highest BCUT2D eigenvalue weighted by molar-refractivity contribution is 8.00. The lowest BCUT2D eigenvalue weighted by Crippen LogP contribution is -2.05. The van der Waals surface area contributed by atoms with E-state index < -0.39 is 15.2 Å². The van der Waals surface area contributed by atoms with Crippen molar-refractivity contribution in [2.75, 3.05) is 0 Å². The van der Waals surface area contributed by atoms with Gasteiger partial charge in [-0.3, -0.25) is 4.79 Å². The van der Waals surface area contributed by atoms with E-state index in [1.165, 1.54) is 0 Å². The second-order valence-corrected chi connectivity index (χ2v) is 2.43. The summed E-state index contributed by atoms with van der Waals surface area (Å²) in [7, 11) is -4.63. The van der Waals surface area contributed by atoms with Gasteiger partial charge in [0.05, 0.1) is 0 Å². The first-order valence-corrected chi connectivity index (χ1v) is 2.82. The van der Waals surface area contributed by atoms with Crippen molar-refractivity contribution < 1.29 is 17.8 Å². The lowest BCUT2D eigenvalue weighted by molar-refractivity contribution is -0.110. The number of carbonyl (C=O) groups is 1. The monoisotopic (exact) mass is 123 g/mol. The van der Waals surface area contributed by atoms with E-state index in [9.17, 15) is 17.8 Å². The van der Waals surface area contributed by atoms with Gasteiger partial charge in [-0.25, -0.2) is 0 Å². The molecule has 1 radical (unpaired) electrons. The van der Waals surface area contributed by atoms with Gasteiger partial charge in [0.2, 0.25) is 0 Å². The molecule has 0 aromatic rings. The molecular weight excluding hydrogens is 120 g/mol. The first-order chi connectivity index (χ1) is 2.94. The fourth-order valence-corrected chi connectivity index (χ4v) is 0. The molecule has 0 aromatic heterocycles. The van der Waals surface area contributed by atoms with Crippen LogP contribution in [0.3, 0.4) is 0 Å². The SMILES string of the molecule is CC(=O)S([O])(=O)=O. The molecule has 7 heavy (non-hydrogen) atoms. The molecule has 0 spiro atoms. The average molecular weight is 123 g/mol. The summed E-state index contributed by atoms with van der Waals surface area (Å²) >= 11 is 0. The predicted molar refractivity (Wildman–Crippen MR) is 20.3 cm³/mol. The van der Waals surface area contributed by atoms with E-state index in [0.29, 0.717) is 6.92 Å². The average Bonchev–Trinajstić information content (AvgIpc) is 1.31. The largest absolute Gasteiger partial charge is 0.358 e. The molecule has 0 aliphatic rings. The highest BCUT2D eigenvalue weighted by Crippen LogP contribution is 1.81. The Morgan fingerprint density at radius 2 is 1.57 bits per heavy atom. The summed E-state index contributed by atoms with van der Waals surface area (Å²) in [5.41, 5.74) is 0. The van der Waals surface area contributed by atoms with Crippen LogP contribution in [0.25, 0.3) is 0 Å². The highest BCUT2D eigenvalue weighted by Gasteiger charge is 2.12. The summed E-state index contributed by atoms with van der Waals surface area (Å²) in [6.45, 7) is 0.711. The molecule has 0 saturated heterocycles. The van der Waals surface area contributed by atoms with Crippen LogP contribution < -0.4 is 0 Å². The number of carbonyl (C=O) groups excluding carboxylic acids is 1. The maximum atomic E-state index is 9.56. The minimum Gasteiger partial charge on any atom is -0.279 e. The van der Waals surface area contributed by atoms with Crippen LogP contribution in [-0.4, -0.2) is 13.5 Å². The highest BCUT2D eigenvalue weighted by atomic mass is 32.2. The van der Waals surface area contributed by atoms with Crippen LogP contribution >= 0.6 is 0 Å². The molecule has 0 amide bonds. The van der Waals surface area contributed by atoms with Crippen LogP contribution in [0, 0.1) is 0 Å².